The van der Waals surface area contributed by atoms with Gasteiger partial charge >= 0.3 is 0 Å². The molecule has 0 aliphatic rings. The van der Waals surface area contributed by atoms with Crippen molar-refractivity contribution in [3.63, 3.8) is 0 Å². The van der Waals surface area contributed by atoms with Crippen molar-refractivity contribution in [2.24, 2.45) is 0 Å². The first-order valence-corrected chi connectivity index (χ1v) is 6.34. The monoisotopic (exact) mass is 263 g/mol. The summed E-state index contributed by atoms with van der Waals surface area (Å²) in [5.74, 6) is 0. The zero-order valence-corrected chi connectivity index (χ0v) is 11.0. The molecular weight excluding hydrogens is 250 g/mol. The molecule has 1 heterocycles. The summed E-state index contributed by atoms with van der Waals surface area (Å²) in [7, 11) is 0. The predicted octanol–water partition coefficient (Wildman–Crippen LogP) is 3.28. The topological polar surface area (TPSA) is 68.1 Å². The Labute approximate surface area is 109 Å². The fourth-order valence-electron chi connectivity index (χ4n) is 1.72. The summed E-state index contributed by atoms with van der Waals surface area (Å²) < 4.78 is 0. The zero-order valence-electron chi connectivity index (χ0n) is 10.1. The van der Waals surface area contributed by atoms with Crippen LogP contribution >= 0.6 is 11.3 Å². The number of para-hydroxylation sites is 1. The van der Waals surface area contributed by atoms with Gasteiger partial charge < -0.3 is 5.32 Å². The number of hydrogen-bond acceptors (Lipinski definition) is 5. The number of rotatable bonds is 4. The first-order chi connectivity index (χ1) is 8.59. The van der Waals surface area contributed by atoms with Crippen LogP contribution in [0.1, 0.15) is 16.1 Å². The van der Waals surface area contributed by atoms with Crippen LogP contribution in [0.3, 0.4) is 0 Å². The number of nitrogens with one attached hydrogen (secondary N) is 1. The second-order valence-electron chi connectivity index (χ2n) is 3.94. The van der Waals surface area contributed by atoms with Crippen molar-refractivity contribution in [3.8, 4) is 0 Å². The highest BCUT2D eigenvalue weighted by molar-refractivity contribution is 7.09. The van der Waals surface area contributed by atoms with Gasteiger partial charge in [0.2, 0.25) is 0 Å². The largest absolute Gasteiger partial charge is 0.375 e. The number of thiazole rings is 1. The van der Waals surface area contributed by atoms with E-state index in [0.717, 1.165) is 10.6 Å². The molecule has 0 aliphatic heterocycles. The number of anilines is 1. The van der Waals surface area contributed by atoms with Crippen LogP contribution in [0.2, 0.25) is 0 Å². The Hall–Kier alpha value is -1.95. The summed E-state index contributed by atoms with van der Waals surface area (Å²) in [6.07, 6.45) is 0. The lowest BCUT2D eigenvalue weighted by molar-refractivity contribution is -0.384. The van der Waals surface area contributed by atoms with E-state index >= 15 is 0 Å². The maximum atomic E-state index is 11.0. The fourth-order valence-corrected chi connectivity index (χ4v) is 2.43. The van der Waals surface area contributed by atoms with E-state index in [1.807, 2.05) is 13.0 Å². The van der Waals surface area contributed by atoms with Gasteiger partial charge in [0, 0.05) is 10.4 Å². The number of nitro groups is 1. The summed E-state index contributed by atoms with van der Waals surface area (Å²) in [4.78, 5) is 15.9. The van der Waals surface area contributed by atoms with E-state index in [1.165, 1.54) is 0 Å². The van der Waals surface area contributed by atoms with Crippen LogP contribution in [0, 0.1) is 24.0 Å². The van der Waals surface area contributed by atoms with E-state index in [0.29, 0.717) is 17.8 Å². The molecule has 1 aromatic carbocycles. The molecule has 0 amide bonds. The molecule has 0 radical (unpaired) electrons. The van der Waals surface area contributed by atoms with E-state index in [1.54, 1.807) is 35.9 Å². The quantitative estimate of drug-likeness (QED) is 0.679. The first kappa shape index (κ1) is 12.5. The third-order valence-electron chi connectivity index (χ3n) is 2.70. The maximum absolute atomic E-state index is 11.0. The van der Waals surface area contributed by atoms with Crippen molar-refractivity contribution in [1.82, 2.24) is 4.98 Å². The Morgan fingerprint density at radius 1 is 1.44 bits per heavy atom. The van der Waals surface area contributed by atoms with Crippen LogP contribution in [0.5, 0.6) is 0 Å². The number of nitrogens with zero attached hydrogens (tertiary/aromatic N) is 2. The van der Waals surface area contributed by atoms with Crippen molar-refractivity contribution >= 4 is 22.7 Å². The minimum atomic E-state index is -0.350. The number of nitro benzene ring substituents is 1. The first-order valence-electron chi connectivity index (χ1n) is 5.46. The van der Waals surface area contributed by atoms with Crippen LogP contribution in [-0.4, -0.2) is 9.91 Å². The lowest BCUT2D eigenvalue weighted by Gasteiger charge is -2.07. The molecule has 0 bridgehead atoms. The number of hydrogen-bond donors (Lipinski definition) is 1. The van der Waals surface area contributed by atoms with Gasteiger partial charge in [-0.3, -0.25) is 10.1 Å². The molecule has 0 spiro atoms. The van der Waals surface area contributed by atoms with E-state index in [4.69, 9.17) is 0 Å². The Kier molecular flexibility index (Phi) is 3.57. The van der Waals surface area contributed by atoms with Crippen molar-refractivity contribution in [2.75, 3.05) is 5.32 Å². The molecule has 94 valence electrons. The summed E-state index contributed by atoms with van der Waals surface area (Å²) >= 11 is 1.54. The summed E-state index contributed by atoms with van der Waals surface area (Å²) in [6, 6.07) is 5.27. The van der Waals surface area contributed by atoms with Gasteiger partial charge in [0.25, 0.3) is 5.69 Å². The number of aryl methyl sites for hydroxylation is 2. The minimum absolute atomic E-state index is 0.139. The van der Waals surface area contributed by atoms with Crippen LogP contribution in [-0.2, 0) is 6.54 Å². The molecule has 18 heavy (non-hydrogen) atoms. The lowest BCUT2D eigenvalue weighted by Crippen LogP contribution is -2.03. The molecule has 0 fully saturated rings. The van der Waals surface area contributed by atoms with Gasteiger partial charge in [0.15, 0.2) is 0 Å². The average molecular weight is 263 g/mol. The second-order valence-corrected chi connectivity index (χ2v) is 4.88. The van der Waals surface area contributed by atoms with Gasteiger partial charge in [-0.25, -0.2) is 4.98 Å². The van der Waals surface area contributed by atoms with E-state index in [9.17, 15) is 10.1 Å². The molecule has 2 aromatic rings. The molecule has 2 rings (SSSR count). The van der Waals surface area contributed by atoms with Crippen LogP contribution < -0.4 is 5.32 Å². The Morgan fingerprint density at radius 2 is 2.22 bits per heavy atom. The molecule has 0 aliphatic carbocycles. The SMILES string of the molecule is Cc1cccc(NCc2scnc2C)c1[N+](=O)[O-]. The van der Waals surface area contributed by atoms with Crippen LogP contribution in [0.4, 0.5) is 11.4 Å². The normalized spacial score (nSPS) is 10.3. The molecule has 6 heteroatoms. The minimum Gasteiger partial charge on any atom is -0.375 e. The zero-order chi connectivity index (χ0) is 13.1. The molecule has 0 atom stereocenters. The van der Waals surface area contributed by atoms with Crippen LogP contribution in [0.15, 0.2) is 23.7 Å². The van der Waals surface area contributed by atoms with Gasteiger partial charge in [-0.15, -0.1) is 11.3 Å². The number of aromatic nitrogens is 1. The highest BCUT2D eigenvalue weighted by Crippen LogP contribution is 2.28. The van der Waals surface area contributed by atoms with E-state index < -0.39 is 0 Å². The third kappa shape index (κ3) is 2.48. The van der Waals surface area contributed by atoms with Crippen molar-refractivity contribution in [3.05, 3.63) is 50.0 Å². The molecule has 0 unspecified atom stereocenters. The Morgan fingerprint density at radius 3 is 2.83 bits per heavy atom. The summed E-state index contributed by atoms with van der Waals surface area (Å²) in [6.45, 7) is 4.22. The molecule has 1 aromatic heterocycles. The van der Waals surface area contributed by atoms with Gasteiger partial charge in [-0.2, -0.15) is 0 Å². The van der Waals surface area contributed by atoms with Gasteiger partial charge in [0.1, 0.15) is 5.69 Å². The molecule has 0 saturated carbocycles. The predicted molar refractivity (Wildman–Crippen MR) is 72.0 cm³/mol. The maximum Gasteiger partial charge on any atom is 0.295 e. The van der Waals surface area contributed by atoms with E-state index in [-0.39, 0.29) is 10.6 Å². The van der Waals surface area contributed by atoms with Gasteiger partial charge in [-0.05, 0) is 19.9 Å². The average Bonchev–Trinajstić information content (AvgIpc) is 2.71. The highest BCUT2D eigenvalue weighted by atomic mass is 32.1. The lowest BCUT2D eigenvalue weighted by atomic mass is 10.1. The molecule has 1 N–H and O–H groups in total. The van der Waals surface area contributed by atoms with Gasteiger partial charge in [-0.1, -0.05) is 12.1 Å². The van der Waals surface area contributed by atoms with Crippen molar-refractivity contribution in [1.29, 1.82) is 0 Å². The number of benzene rings is 1. The Bertz CT molecular complexity index is 580. The smallest absolute Gasteiger partial charge is 0.295 e. The fraction of sp³-hybridized carbons (Fsp3) is 0.250. The summed E-state index contributed by atoms with van der Waals surface area (Å²) in [5, 5.41) is 14.1. The standard InChI is InChI=1S/C12H13N3O2S/c1-8-4-3-5-10(12(8)15(16)17)13-6-11-9(2)14-7-18-11/h3-5,7,13H,6H2,1-2H3. The van der Waals surface area contributed by atoms with Crippen LogP contribution in [0.25, 0.3) is 0 Å². The molecular formula is C12H13N3O2S. The highest BCUT2D eigenvalue weighted by Gasteiger charge is 2.16. The second kappa shape index (κ2) is 5.14. The molecule has 5 nitrogen and oxygen atoms in total. The molecule has 0 saturated heterocycles. The van der Waals surface area contributed by atoms with Crippen molar-refractivity contribution in [2.45, 2.75) is 20.4 Å². The summed E-state index contributed by atoms with van der Waals surface area (Å²) in [5.41, 5.74) is 4.08. The van der Waals surface area contributed by atoms with Crippen molar-refractivity contribution < 1.29 is 4.92 Å². The third-order valence-corrected chi connectivity index (χ3v) is 3.64. The Balaban J connectivity index is 2.22. The van der Waals surface area contributed by atoms with E-state index in [2.05, 4.69) is 10.3 Å². The van der Waals surface area contributed by atoms with Gasteiger partial charge in [0.05, 0.1) is 22.7 Å².